The molecule has 1 heterocycles. The lowest BCUT2D eigenvalue weighted by atomic mass is 10.0. The third kappa shape index (κ3) is 1.97. The van der Waals surface area contributed by atoms with Crippen molar-refractivity contribution in [3.63, 3.8) is 0 Å². The molecule has 0 aliphatic heterocycles. The first-order valence-corrected chi connectivity index (χ1v) is 5.77. The van der Waals surface area contributed by atoms with Crippen molar-refractivity contribution in [2.75, 3.05) is 7.11 Å². The molecule has 1 aromatic heterocycles. The summed E-state index contributed by atoms with van der Waals surface area (Å²) in [6.45, 7) is 4.10. The lowest BCUT2D eigenvalue weighted by molar-refractivity contribution is 0.411. The molecular formula is C12H13BrN2O. The third-order valence-corrected chi connectivity index (χ3v) is 2.98. The van der Waals surface area contributed by atoms with Crippen molar-refractivity contribution >= 4 is 15.9 Å². The Morgan fingerprint density at radius 3 is 2.56 bits per heavy atom. The molecule has 4 heteroatoms. The zero-order valence-electron chi connectivity index (χ0n) is 9.47. The molecule has 0 saturated carbocycles. The molecule has 0 spiro atoms. The number of rotatable bonds is 2. The van der Waals surface area contributed by atoms with Gasteiger partial charge in [-0.15, -0.1) is 0 Å². The summed E-state index contributed by atoms with van der Waals surface area (Å²) in [4.78, 5) is 7.30. The van der Waals surface area contributed by atoms with Gasteiger partial charge in [0.2, 0.25) is 0 Å². The summed E-state index contributed by atoms with van der Waals surface area (Å²) in [5.74, 6) is 0.917. The van der Waals surface area contributed by atoms with Gasteiger partial charge in [-0.1, -0.05) is 0 Å². The van der Waals surface area contributed by atoms with Crippen LogP contribution in [0.25, 0.3) is 11.3 Å². The van der Waals surface area contributed by atoms with Gasteiger partial charge in [0.05, 0.1) is 19.0 Å². The van der Waals surface area contributed by atoms with Crippen LogP contribution in [-0.2, 0) is 0 Å². The van der Waals surface area contributed by atoms with Crippen LogP contribution in [0.2, 0.25) is 0 Å². The summed E-state index contributed by atoms with van der Waals surface area (Å²) in [7, 11) is 1.69. The lowest BCUT2D eigenvalue weighted by Crippen LogP contribution is -1.91. The molecule has 0 radical (unpaired) electrons. The molecule has 0 unspecified atom stereocenters. The van der Waals surface area contributed by atoms with E-state index in [2.05, 4.69) is 38.9 Å². The average molecular weight is 281 g/mol. The first-order chi connectivity index (χ1) is 7.61. The first kappa shape index (κ1) is 11.2. The fourth-order valence-corrected chi connectivity index (χ4v) is 2.05. The number of aromatic amines is 1. The normalized spacial score (nSPS) is 10.5. The van der Waals surface area contributed by atoms with Gasteiger partial charge in [-0.05, 0) is 53.0 Å². The number of hydrogen-bond acceptors (Lipinski definition) is 2. The molecule has 2 rings (SSSR count). The Morgan fingerprint density at radius 1 is 1.25 bits per heavy atom. The minimum absolute atomic E-state index is 0.746. The first-order valence-electron chi connectivity index (χ1n) is 4.98. The number of imidazole rings is 1. The van der Waals surface area contributed by atoms with Crippen molar-refractivity contribution in [2.24, 2.45) is 0 Å². The van der Waals surface area contributed by atoms with Gasteiger partial charge in [0, 0.05) is 5.56 Å². The minimum atomic E-state index is 0.746. The van der Waals surface area contributed by atoms with Crippen LogP contribution >= 0.6 is 15.9 Å². The van der Waals surface area contributed by atoms with E-state index in [-0.39, 0.29) is 0 Å². The highest BCUT2D eigenvalue weighted by atomic mass is 79.9. The molecule has 2 aromatic rings. The van der Waals surface area contributed by atoms with Crippen LogP contribution in [0.4, 0.5) is 0 Å². The molecule has 0 bridgehead atoms. The topological polar surface area (TPSA) is 37.9 Å². The summed E-state index contributed by atoms with van der Waals surface area (Å²) in [5.41, 5.74) is 4.44. The van der Waals surface area contributed by atoms with Crippen LogP contribution in [0, 0.1) is 13.8 Å². The quantitative estimate of drug-likeness (QED) is 0.915. The number of aryl methyl sites for hydroxylation is 2. The van der Waals surface area contributed by atoms with Crippen LogP contribution in [0.15, 0.2) is 23.1 Å². The number of nitrogens with zero attached hydrogens (tertiary/aromatic N) is 1. The van der Waals surface area contributed by atoms with Crippen LogP contribution in [0.3, 0.4) is 0 Å². The number of benzene rings is 1. The summed E-state index contributed by atoms with van der Waals surface area (Å²) in [6.07, 6.45) is 1.82. The summed E-state index contributed by atoms with van der Waals surface area (Å²) in [6, 6.07) is 4.15. The van der Waals surface area contributed by atoms with Crippen LogP contribution < -0.4 is 4.74 Å². The van der Waals surface area contributed by atoms with Crippen molar-refractivity contribution in [2.45, 2.75) is 13.8 Å². The fourth-order valence-electron chi connectivity index (χ4n) is 1.73. The number of aromatic nitrogens is 2. The van der Waals surface area contributed by atoms with Crippen LogP contribution in [-0.4, -0.2) is 17.1 Å². The maximum Gasteiger partial charge on any atom is 0.174 e. The molecule has 0 amide bonds. The monoisotopic (exact) mass is 280 g/mol. The van der Waals surface area contributed by atoms with Gasteiger partial charge in [0.1, 0.15) is 5.75 Å². The Kier molecular flexibility index (Phi) is 3.01. The van der Waals surface area contributed by atoms with Gasteiger partial charge in [0.15, 0.2) is 4.73 Å². The molecule has 3 nitrogen and oxygen atoms in total. The molecule has 0 fully saturated rings. The highest BCUT2D eigenvalue weighted by Gasteiger charge is 2.08. The van der Waals surface area contributed by atoms with Crippen molar-refractivity contribution in [3.8, 4) is 17.0 Å². The van der Waals surface area contributed by atoms with Crippen molar-refractivity contribution in [3.05, 3.63) is 34.2 Å². The van der Waals surface area contributed by atoms with Gasteiger partial charge in [0.25, 0.3) is 0 Å². The SMILES string of the molecule is COc1cc(C)c(-c2cnc(Br)[nH]2)cc1C. The second-order valence-electron chi connectivity index (χ2n) is 3.72. The highest BCUT2D eigenvalue weighted by Crippen LogP contribution is 2.29. The second-order valence-corrected chi connectivity index (χ2v) is 4.48. The van der Waals surface area contributed by atoms with Crippen molar-refractivity contribution in [1.82, 2.24) is 9.97 Å². The minimum Gasteiger partial charge on any atom is -0.496 e. The van der Waals surface area contributed by atoms with Crippen molar-refractivity contribution < 1.29 is 4.74 Å². The smallest absolute Gasteiger partial charge is 0.174 e. The molecular weight excluding hydrogens is 268 g/mol. The van der Waals surface area contributed by atoms with Crippen LogP contribution in [0.5, 0.6) is 5.75 Å². The number of nitrogens with one attached hydrogen (secondary N) is 1. The zero-order chi connectivity index (χ0) is 11.7. The van der Waals surface area contributed by atoms with Gasteiger partial charge >= 0.3 is 0 Å². The molecule has 1 N–H and O–H groups in total. The molecule has 16 heavy (non-hydrogen) atoms. The molecule has 84 valence electrons. The van der Waals surface area contributed by atoms with Crippen LogP contribution in [0.1, 0.15) is 11.1 Å². The Hall–Kier alpha value is -1.29. The Labute approximate surface area is 103 Å². The Bertz CT molecular complexity index is 520. The van der Waals surface area contributed by atoms with E-state index < -0.39 is 0 Å². The number of H-pyrrole nitrogens is 1. The van der Waals surface area contributed by atoms with E-state index in [1.807, 2.05) is 19.2 Å². The highest BCUT2D eigenvalue weighted by molar-refractivity contribution is 9.10. The molecule has 0 saturated heterocycles. The predicted molar refractivity (Wildman–Crippen MR) is 67.7 cm³/mol. The Balaban J connectivity index is 2.54. The van der Waals surface area contributed by atoms with Gasteiger partial charge in [-0.3, -0.25) is 0 Å². The molecule has 0 atom stereocenters. The maximum atomic E-state index is 5.29. The van der Waals surface area contributed by atoms with E-state index in [0.29, 0.717) is 0 Å². The maximum absolute atomic E-state index is 5.29. The second kappa shape index (κ2) is 4.29. The van der Waals surface area contributed by atoms with E-state index in [1.54, 1.807) is 7.11 Å². The number of hydrogen-bond donors (Lipinski definition) is 1. The number of halogens is 1. The van der Waals surface area contributed by atoms with E-state index in [1.165, 1.54) is 5.56 Å². The summed E-state index contributed by atoms with van der Waals surface area (Å²) < 4.78 is 6.03. The standard InChI is InChI=1S/C12H13BrN2O/c1-7-5-11(16-3)8(2)4-9(7)10-6-14-12(13)15-10/h4-6H,1-3H3,(H,14,15). The Morgan fingerprint density at radius 2 is 2.00 bits per heavy atom. The van der Waals surface area contributed by atoms with Gasteiger partial charge < -0.3 is 9.72 Å². The molecule has 0 aliphatic rings. The summed E-state index contributed by atoms with van der Waals surface area (Å²) >= 11 is 3.31. The largest absolute Gasteiger partial charge is 0.496 e. The molecule has 1 aromatic carbocycles. The van der Waals surface area contributed by atoms with E-state index in [4.69, 9.17) is 4.74 Å². The van der Waals surface area contributed by atoms with Gasteiger partial charge in [-0.2, -0.15) is 0 Å². The van der Waals surface area contributed by atoms with Gasteiger partial charge in [-0.25, -0.2) is 4.98 Å². The predicted octanol–water partition coefficient (Wildman–Crippen LogP) is 3.46. The van der Waals surface area contributed by atoms with E-state index in [0.717, 1.165) is 27.3 Å². The van der Waals surface area contributed by atoms with E-state index >= 15 is 0 Å². The average Bonchev–Trinajstić information content (AvgIpc) is 2.67. The number of ether oxygens (including phenoxy) is 1. The fraction of sp³-hybridized carbons (Fsp3) is 0.250. The van der Waals surface area contributed by atoms with Crippen molar-refractivity contribution in [1.29, 1.82) is 0 Å². The summed E-state index contributed by atoms with van der Waals surface area (Å²) in [5, 5.41) is 0. The molecule has 0 aliphatic carbocycles. The number of methoxy groups -OCH3 is 1. The lowest BCUT2D eigenvalue weighted by Gasteiger charge is -2.09. The van der Waals surface area contributed by atoms with E-state index in [9.17, 15) is 0 Å². The zero-order valence-corrected chi connectivity index (χ0v) is 11.1. The third-order valence-electron chi connectivity index (χ3n) is 2.58.